The summed E-state index contributed by atoms with van der Waals surface area (Å²) in [5.74, 6) is 1.71. The van der Waals surface area contributed by atoms with E-state index in [0.717, 1.165) is 0 Å². The van der Waals surface area contributed by atoms with E-state index in [-0.39, 0.29) is 0 Å². The molecular formula is C23H39. The minimum absolute atomic E-state index is 1.31. The average molecular weight is 316 g/mol. The van der Waals surface area contributed by atoms with Crippen molar-refractivity contribution in [3.8, 4) is 0 Å². The van der Waals surface area contributed by atoms with Gasteiger partial charge in [0.2, 0.25) is 0 Å². The van der Waals surface area contributed by atoms with Crippen molar-refractivity contribution in [1.29, 1.82) is 0 Å². The van der Waals surface area contributed by atoms with Gasteiger partial charge >= 0.3 is 0 Å². The van der Waals surface area contributed by atoms with Crippen molar-refractivity contribution in [3.05, 3.63) is 41.8 Å². The van der Waals surface area contributed by atoms with Gasteiger partial charge in [-0.15, -0.1) is 0 Å². The Bertz CT molecular complexity index is 324. The van der Waals surface area contributed by atoms with Crippen LogP contribution in [0.3, 0.4) is 0 Å². The zero-order valence-electron chi connectivity index (χ0n) is 15.8. The lowest BCUT2D eigenvalue weighted by atomic mass is 9.88. The van der Waals surface area contributed by atoms with E-state index < -0.39 is 0 Å². The summed E-state index contributed by atoms with van der Waals surface area (Å²) < 4.78 is 0. The Hall–Kier alpha value is -0.780. The van der Waals surface area contributed by atoms with E-state index in [2.05, 4.69) is 44.2 Å². The normalized spacial score (nSPS) is 11.3. The van der Waals surface area contributed by atoms with Crippen LogP contribution in [0.5, 0.6) is 0 Å². The van der Waals surface area contributed by atoms with Gasteiger partial charge in [-0.25, -0.2) is 0 Å². The van der Waals surface area contributed by atoms with Gasteiger partial charge in [-0.05, 0) is 18.4 Å². The van der Waals surface area contributed by atoms with Crippen molar-refractivity contribution in [3.63, 3.8) is 0 Å². The predicted molar refractivity (Wildman–Crippen MR) is 105 cm³/mol. The predicted octanol–water partition coefficient (Wildman–Crippen LogP) is 8.11. The van der Waals surface area contributed by atoms with Crippen LogP contribution in [0.1, 0.15) is 109 Å². The van der Waals surface area contributed by atoms with Crippen LogP contribution in [0.25, 0.3) is 0 Å². The largest absolute Gasteiger partial charge is 0.0654 e. The van der Waals surface area contributed by atoms with Crippen LogP contribution in [0, 0.1) is 5.92 Å². The van der Waals surface area contributed by atoms with Crippen molar-refractivity contribution in [2.45, 2.75) is 104 Å². The molecule has 1 aromatic carbocycles. The molecule has 0 aliphatic heterocycles. The summed E-state index contributed by atoms with van der Waals surface area (Å²) in [5, 5.41) is 0. The second-order valence-electron chi connectivity index (χ2n) is 7.01. The van der Waals surface area contributed by atoms with Crippen LogP contribution in [0.4, 0.5) is 0 Å². The number of hydrogen-bond acceptors (Lipinski definition) is 0. The molecule has 0 saturated heterocycles. The SMILES string of the molecule is CCCCCCCC[C](CCCCCCCC)c1ccccc1. The van der Waals surface area contributed by atoms with Crippen molar-refractivity contribution in [2.24, 2.45) is 0 Å². The first kappa shape index (κ1) is 20.3. The molecule has 0 heterocycles. The number of benzene rings is 1. The van der Waals surface area contributed by atoms with Crippen LogP contribution in [0.2, 0.25) is 0 Å². The summed E-state index contributed by atoms with van der Waals surface area (Å²) in [7, 11) is 0. The summed E-state index contributed by atoms with van der Waals surface area (Å²) in [6.45, 7) is 4.59. The van der Waals surface area contributed by atoms with E-state index in [9.17, 15) is 0 Å². The summed E-state index contributed by atoms with van der Waals surface area (Å²) in [5.41, 5.74) is 1.50. The lowest BCUT2D eigenvalue weighted by Gasteiger charge is -2.17. The average Bonchev–Trinajstić information content (AvgIpc) is 2.60. The Morgan fingerprint density at radius 1 is 0.565 bits per heavy atom. The molecule has 0 aliphatic rings. The van der Waals surface area contributed by atoms with E-state index in [0.29, 0.717) is 0 Å². The molecule has 23 heavy (non-hydrogen) atoms. The van der Waals surface area contributed by atoms with E-state index in [1.165, 1.54) is 95.5 Å². The van der Waals surface area contributed by atoms with E-state index in [1.54, 1.807) is 5.92 Å². The van der Waals surface area contributed by atoms with Crippen LogP contribution < -0.4 is 0 Å². The maximum Gasteiger partial charge on any atom is 0.00498 e. The Balaban J connectivity index is 2.26. The summed E-state index contributed by atoms with van der Waals surface area (Å²) in [4.78, 5) is 0. The highest BCUT2D eigenvalue weighted by Crippen LogP contribution is 2.27. The van der Waals surface area contributed by atoms with E-state index in [4.69, 9.17) is 0 Å². The van der Waals surface area contributed by atoms with Crippen LogP contribution in [-0.2, 0) is 0 Å². The molecule has 0 heteroatoms. The molecule has 0 aliphatic carbocycles. The molecule has 0 unspecified atom stereocenters. The van der Waals surface area contributed by atoms with Gasteiger partial charge in [0.1, 0.15) is 0 Å². The first-order valence-corrected chi connectivity index (χ1v) is 10.3. The van der Waals surface area contributed by atoms with Crippen molar-refractivity contribution < 1.29 is 0 Å². The maximum absolute atomic E-state index is 2.31. The molecule has 0 bridgehead atoms. The van der Waals surface area contributed by atoms with Crippen molar-refractivity contribution in [2.75, 3.05) is 0 Å². The van der Waals surface area contributed by atoms with Gasteiger partial charge in [0.05, 0.1) is 0 Å². The van der Waals surface area contributed by atoms with Crippen LogP contribution in [0.15, 0.2) is 30.3 Å². The summed E-state index contributed by atoms with van der Waals surface area (Å²) in [6.07, 6.45) is 19.4. The molecule has 1 aromatic rings. The lowest BCUT2D eigenvalue weighted by molar-refractivity contribution is 0.562. The molecule has 0 nitrogen and oxygen atoms in total. The fourth-order valence-electron chi connectivity index (χ4n) is 3.32. The fourth-order valence-corrected chi connectivity index (χ4v) is 3.32. The molecule has 0 N–H and O–H groups in total. The highest BCUT2D eigenvalue weighted by atomic mass is 14.2. The summed E-state index contributed by atoms with van der Waals surface area (Å²) in [6, 6.07) is 11.1. The molecule has 0 saturated carbocycles. The van der Waals surface area contributed by atoms with Crippen molar-refractivity contribution >= 4 is 0 Å². The van der Waals surface area contributed by atoms with Gasteiger partial charge in [-0.1, -0.05) is 121 Å². The standard InChI is InChI=1S/C23H39/c1-3-5-7-9-11-14-18-22(23-20-16-13-17-21-23)19-15-12-10-8-6-4-2/h13,16-17,20-21H,3-12,14-15,18-19H2,1-2H3. The monoisotopic (exact) mass is 315 g/mol. The molecule has 0 fully saturated rings. The minimum atomic E-state index is 1.31. The van der Waals surface area contributed by atoms with Gasteiger partial charge < -0.3 is 0 Å². The lowest BCUT2D eigenvalue weighted by Crippen LogP contribution is -2.00. The first-order valence-electron chi connectivity index (χ1n) is 10.3. The van der Waals surface area contributed by atoms with Gasteiger partial charge in [0, 0.05) is 5.92 Å². The third kappa shape index (κ3) is 10.6. The fraction of sp³-hybridized carbons (Fsp3) is 0.696. The third-order valence-corrected chi connectivity index (χ3v) is 4.85. The van der Waals surface area contributed by atoms with Crippen LogP contribution in [-0.4, -0.2) is 0 Å². The minimum Gasteiger partial charge on any atom is -0.0654 e. The zero-order valence-corrected chi connectivity index (χ0v) is 15.8. The molecule has 0 spiro atoms. The maximum atomic E-state index is 2.31. The zero-order chi connectivity index (χ0) is 16.6. The first-order chi connectivity index (χ1) is 11.4. The number of rotatable bonds is 15. The van der Waals surface area contributed by atoms with Gasteiger partial charge in [-0.3, -0.25) is 0 Å². The third-order valence-electron chi connectivity index (χ3n) is 4.85. The topological polar surface area (TPSA) is 0 Å². The molecule has 0 aromatic heterocycles. The molecule has 1 radical (unpaired) electrons. The molecule has 0 amide bonds. The van der Waals surface area contributed by atoms with Gasteiger partial charge in [-0.2, -0.15) is 0 Å². The number of unbranched alkanes of at least 4 members (excludes halogenated alkanes) is 10. The van der Waals surface area contributed by atoms with Gasteiger partial charge in [0.15, 0.2) is 0 Å². The Labute approximate surface area is 146 Å². The van der Waals surface area contributed by atoms with Crippen LogP contribution >= 0.6 is 0 Å². The van der Waals surface area contributed by atoms with E-state index >= 15 is 0 Å². The van der Waals surface area contributed by atoms with Gasteiger partial charge in [0.25, 0.3) is 0 Å². The highest BCUT2D eigenvalue weighted by Gasteiger charge is 2.11. The summed E-state index contributed by atoms with van der Waals surface area (Å²) >= 11 is 0. The second kappa shape index (κ2) is 14.8. The van der Waals surface area contributed by atoms with E-state index in [1.807, 2.05) is 0 Å². The Morgan fingerprint density at radius 2 is 1.00 bits per heavy atom. The quantitative estimate of drug-likeness (QED) is 0.287. The second-order valence-corrected chi connectivity index (χ2v) is 7.01. The molecule has 1 rings (SSSR count). The molecule has 131 valence electrons. The number of hydrogen-bond donors (Lipinski definition) is 0. The molecular weight excluding hydrogens is 276 g/mol. The molecule has 0 atom stereocenters. The Morgan fingerprint density at radius 3 is 1.48 bits per heavy atom. The Kier molecular flexibility index (Phi) is 13.0. The van der Waals surface area contributed by atoms with Crippen molar-refractivity contribution in [1.82, 2.24) is 0 Å². The highest BCUT2D eigenvalue weighted by molar-refractivity contribution is 5.30. The smallest absolute Gasteiger partial charge is 0.00498 e.